The molecule has 9 heteroatoms. The maximum atomic E-state index is 13.6. The normalized spacial score (nSPS) is 11.3. The van der Waals surface area contributed by atoms with E-state index in [-0.39, 0.29) is 16.3 Å². The van der Waals surface area contributed by atoms with Crippen LogP contribution >= 0.6 is 27.3 Å². The van der Waals surface area contributed by atoms with Crippen molar-refractivity contribution in [2.24, 2.45) is 10.9 Å². The maximum absolute atomic E-state index is 13.6. The fourth-order valence-electron chi connectivity index (χ4n) is 2.09. The summed E-state index contributed by atoms with van der Waals surface area (Å²) in [7, 11) is 0. The minimum Gasteiger partial charge on any atom is -0.364 e. The minimum absolute atomic E-state index is 0.182. The summed E-state index contributed by atoms with van der Waals surface area (Å²) in [6.45, 7) is 0. The van der Waals surface area contributed by atoms with Crippen LogP contribution in [0, 0.1) is 5.82 Å². The summed E-state index contributed by atoms with van der Waals surface area (Å²) in [5.74, 6) is -2.73. The average Bonchev–Trinajstić information content (AvgIpc) is 3.12. The standard InChI is InChI=1S/C18H11BrFN3O3S/c19-11-7-5-10(6-8-11)14-9-27-17(22-14)15(16(21)24)23-26-18(25)12-3-1-2-4-13(12)20/h1-9H,(H2,21,24)/b23-15+. The van der Waals surface area contributed by atoms with Crippen molar-refractivity contribution in [3.8, 4) is 11.3 Å². The van der Waals surface area contributed by atoms with Gasteiger partial charge in [0.2, 0.25) is 5.71 Å². The zero-order chi connectivity index (χ0) is 19.4. The Balaban J connectivity index is 1.85. The summed E-state index contributed by atoms with van der Waals surface area (Å²) in [6, 6.07) is 12.7. The highest BCUT2D eigenvalue weighted by Crippen LogP contribution is 2.24. The number of halogens is 2. The van der Waals surface area contributed by atoms with Crippen LogP contribution in [0.15, 0.2) is 63.5 Å². The van der Waals surface area contributed by atoms with E-state index in [1.165, 1.54) is 18.2 Å². The fraction of sp³-hybridized carbons (Fsp3) is 0. The number of carbonyl (C=O) groups is 2. The number of nitrogens with two attached hydrogens (primary N) is 1. The lowest BCUT2D eigenvalue weighted by Gasteiger charge is -2.01. The molecule has 0 atom stereocenters. The number of primary amides is 1. The Bertz CT molecular complexity index is 1030. The molecular weight excluding hydrogens is 437 g/mol. The number of benzene rings is 2. The van der Waals surface area contributed by atoms with Gasteiger partial charge in [0.1, 0.15) is 5.82 Å². The van der Waals surface area contributed by atoms with Gasteiger partial charge in [0.05, 0.1) is 11.3 Å². The molecule has 0 aliphatic carbocycles. The van der Waals surface area contributed by atoms with Crippen molar-refractivity contribution in [2.75, 3.05) is 0 Å². The smallest absolute Gasteiger partial charge is 0.364 e. The van der Waals surface area contributed by atoms with Gasteiger partial charge in [-0.25, -0.2) is 14.2 Å². The van der Waals surface area contributed by atoms with Gasteiger partial charge in [0, 0.05) is 15.4 Å². The molecule has 0 aliphatic rings. The highest BCUT2D eigenvalue weighted by Gasteiger charge is 2.19. The van der Waals surface area contributed by atoms with Gasteiger partial charge < -0.3 is 10.6 Å². The molecule has 0 saturated carbocycles. The van der Waals surface area contributed by atoms with Crippen molar-refractivity contribution in [1.82, 2.24) is 4.98 Å². The van der Waals surface area contributed by atoms with Crippen molar-refractivity contribution in [3.63, 3.8) is 0 Å². The van der Waals surface area contributed by atoms with Crippen molar-refractivity contribution in [2.45, 2.75) is 0 Å². The number of hydrogen-bond acceptors (Lipinski definition) is 6. The number of rotatable bonds is 5. The van der Waals surface area contributed by atoms with Crippen molar-refractivity contribution < 1.29 is 18.8 Å². The zero-order valence-electron chi connectivity index (χ0n) is 13.6. The van der Waals surface area contributed by atoms with Crippen LogP contribution < -0.4 is 5.73 Å². The van der Waals surface area contributed by atoms with Gasteiger partial charge in [-0.2, -0.15) is 0 Å². The van der Waals surface area contributed by atoms with E-state index in [1.54, 1.807) is 5.38 Å². The summed E-state index contributed by atoms with van der Waals surface area (Å²) in [6.07, 6.45) is 0. The molecule has 0 saturated heterocycles. The predicted molar refractivity (Wildman–Crippen MR) is 103 cm³/mol. The summed E-state index contributed by atoms with van der Waals surface area (Å²) in [5.41, 5.74) is 6.12. The molecule has 0 radical (unpaired) electrons. The molecular formula is C18H11BrFN3O3S. The molecule has 3 rings (SSSR count). The molecule has 1 aromatic heterocycles. The van der Waals surface area contributed by atoms with Crippen LogP contribution in [0.1, 0.15) is 15.4 Å². The first kappa shape index (κ1) is 18.9. The highest BCUT2D eigenvalue weighted by atomic mass is 79.9. The third kappa shape index (κ3) is 4.44. The molecule has 136 valence electrons. The number of thiazole rings is 1. The van der Waals surface area contributed by atoms with E-state index in [0.717, 1.165) is 27.4 Å². The van der Waals surface area contributed by atoms with E-state index < -0.39 is 17.7 Å². The maximum Gasteiger partial charge on any atom is 0.368 e. The zero-order valence-corrected chi connectivity index (χ0v) is 16.0. The molecule has 0 fully saturated rings. The predicted octanol–water partition coefficient (Wildman–Crippen LogP) is 3.76. The van der Waals surface area contributed by atoms with Crippen LogP contribution in [0.2, 0.25) is 0 Å². The number of oxime groups is 1. The first-order chi connectivity index (χ1) is 13.0. The lowest BCUT2D eigenvalue weighted by Crippen LogP contribution is -2.25. The van der Waals surface area contributed by atoms with E-state index >= 15 is 0 Å². The number of carbonyl (C=O) groups excluding carboxylic acids is 2. The van der Waals surface area contributed by atoms with E-state index in [0.29, 0.717) is 5.69 Å². The summed E-state index contributed by atoms with van der Waals surface area (Å²) in [4.78, 5) is 32.6. The fourth-order valence-corrected chi connectivity index (χ4v) is 3.17. The third-order valence-corrected chi connectivity index (χ3v) is 4.77. The Kier molecular flexibility index (Phi) is 5.72. The third-order valence-electron chi connectivity index (χ3n) is 3.39. The summed E-state index contributed by atoms with van der Waals surface area (Å²) >= 11 is 4.47. The van der Waals surface area contributed by atoms with Crippen LogP contribution in [0.5, 0.6) is 0 Å². The largest absolute Gasteiger partial charge is 0.368 e. The molecule has 6 nitrogen and oxygen atoms in total. The Labute approximate surface area is 165 Å². The van der Waals surface area contributed by atoms with E-state index in [4.69, 9.17) is 5.73 Å². The number of aromatic nitrogens is 1. The Morgan fingerprint density at radius 2 is 1.85 bits per heavy atom. The number of amides is 1. The second-order valence-corrected chi connectivity index (χ2v) is 6.98. The second-order valence-electron chi connectivity index (χ2n) is 5.21. The van der Waals surface area contributed by atoms with Gasteiger partial charge in [0.15, 0.2) is 5.01 Å². The van der Waals surface area contributed by atoms with E-state index in [9.17, 15) is 14.0 Å². The van der Waals surface area contributed by atoms with Crippen LogP contribution in [0.4, 0.5) is 4.39 Å². The number of hydrogen-bond donors (Lipinski definition) is 1. The highest BCUT2D eigenvalue weighted by molar-refractivity contribution is 9.10. The molecule has 1 heterocycles. The van der Waals surface area contributed by atoms with Crippen molar-refractivity contribution in [1.29, 1.82) is 0 Å². The molecule has 0 bridgehead atoms. The van der Waals surface area contributed by atoms with E-state index in [2.05, 4.69) is 30.9 Å². The average molecular weight is 448 g/mol. The number of nitrogens with zero attached hydrogens (tertiary/aromatic N) is 2. The first-order valence-electron chi connectivity index (χ1n) is 7.51. The van der Waals surface area contributed by atoms with Gasteiger partial charge in [-0.15, -0.1) is 11.3 Å². The molecule has 2 aromatic carbocycles. The topological polar surface area (TPSA) is 94.6 Å². The lowest BCUT2D eigenvalue weighted by atomic mass is 10.2. The van der Waals surface area contributed by atoms with Crippen molar-refractivity contribution >= 4 is 44.9 Å². The van der Waals surface area contributed by atoms with Crippen LogP contribution in [-0.4, -0.2) is 22.6 Å². The molecule has 0 unspecified atom stereocenters. The Morgan fingerprint density at radius 1 is 1.15 bits per heavy atom. The molecule has 1 amide bonds. The minimum atomic E-state index is -1.04. The quantitative estimate of drug-likeness (QED) is 0.365. The van der Waals surface area contributed by atoms with Gasteiger partial charge in [-0.05, 0) is 24.3 Å². The lowest BCUT2D eigenvalue weighted by molar-refractivity contribution is -0.112. The molecule has 0 aliphatic heterocycles. The molecule has 2 N–H and O–H groups in total. The SMILES string of the molecule is NC(=O)/C(=N\OC(=O)c1ccccc1F)c1nc(-c2ccc(Br)cc2)cs1. The van der Waals surface area contributed by atoms with Gasteiger partial charge in [0.25, 0.3) is 5.91 Å². The molecule has 27 heavy (non-hydrogen) atoms. The van der Waals surface area contributed by atoms with Gasteiger partial charge >= 0.3 is 5.97 Å². The summed E-state index contributed by atoms with van der Waals surface area (Å²) < 4.78 is 14.5. The Hall–Kier alpha value is -2.91. The van der Waals surface area contributed by atoms with Crippen molar-refractivity contribution in [3.05, 3.63) is 74.8 Å². The van der Waals surface area contributed by atoms with Gasteiger partial charge in [-0.1, -0.05) is 45.4 Å². The summed E-state index contributed by atoms with van der Waals surface area (Å²) in [5, 5.41) is 5.40. The molecule has 0 spiro atoms. The second kappa shape index (κ2) is 8.19. The van der Waals surface area contributed by atoms with Crippen LogP contribution in [0.25, 0.3) is 11.3 Å². The van der Waals surface area contributed by atoms with E-state index in [1.807, 2.05) is 24.3 Å². The monoisotopic (exact) mass is 447 g/mol. The molecule has 3 aromatic rings. The van der Waals surface area contributed by atoms with Gasteiger partial charge in [-0.3, -0.25) is 4.79 Å². The Morgan fingerprint density at radius 3 is 2.52 bits per heavy atom. The van der Waals surface area contributed by atoms with Crippen LogP contribution in [0.3, 0.4) is 0 Å². The first-order valence-corrected chi connectivity index (χ1v) is 9.18. The van der Waals surface area contributed by atoms with Crippen LogP contribution in [-0.2, 0) is 9.63 Å².